The van der Waals surface area contributed by atoms with Crippen LogP contribution >= 0.6 is 0 Å². The van der Waals surface area contributed by atoms with E-state index in [0.29, 0.717) is 12.2 Å². The number of hydrogen-bond acceptors (Lipinski definition) is 2. The highest BCUT2D eigenvalue weighted by molar-refractivity contribution is 5.90. The summed E-state index contributed by atoms with van der Waals surface area (Å²) in [5, 5.41) is 5.68. The van der Waals surface area contributed by atoms with Gasteiger partial charge in [0, 0.05) is 24.3 Å². The maximum atomic E-state index is 12.4. The Balaban J connectivity index is 1.78. The molecular weight excluding hydrogens is 305 g/mol. The Kier molecular flexibility index (Phi) is 5.26. The van der Waals surface area contributed by atoms with Crippen LogP contribution in [0.2, 0.25) is 0 Å². The molecule has 0 heterocycles. The van der Waals surface area contributed by atoms with Gasteiger partial charge in [-0.25, -0.2) is 0 Å². The maximum absolute atomic E-state index is 12.4. The number of rotatable bonds is 5. The lowest BCUT2D eigenvalue weighted by atomic mass is 10.2. The Morgan fingerprint density at radius 2 is 1.52 bits per heavy atom. The Morgan fingerprint density at radius 1 is 0.957 bits per heavy atom. The Labute approximate surface area is 132 Å². The average Bonchev–Trinajstić information content (AvgIpc) is 2.49. The zero-order chi connectivity index (χ0) is 16.9. The fourth-order valence-corrected chi connectivity index (χ4v) is 1.96. The second kappa shape index (κ2) is 7.17. The highest BCUT2D eigenvalue weighted by Crippen LogP contribution is 2.29. The van der Waals surface area contributed by atoms with Crippen LogP contribution in [0.5, 0.6) is 0 Å². The van der Waals surface area contributed by atoms with E-state index in [-0.39, 0.29) is 12.3 Å². The molecule has 122 valence electrons. The van der Waals surface area contributed by atoms with E-state index in [9.17, 15) is 18.0 Å². The topological polar surface area (TPSA) is 41.1 Å². The van der Waals surface area contributed by atoms with Gasteiger partial charge in [-0.3, -0.25) is 4.79 Å². The van der Waals surface area contributed by atoms with Crippen molar-refractivity contribution in [3.63, 3.8) is 0 Å². The Bertz CT molecular complexity index is 649. The molecule has 0 aliphatic rings. The summed E-state index contributed by atoms with van der Waals surface area (Å²) in [5.41, 5.74) is 1.67. The molecule has 0 aromatic heterocycles. The molecule has 3 nitrogen and oxygen atoms in total. The first-order chi connectivity index (χ1) is 10.8. The summed E-state index contributed by atoms with van der Waals surface area (Å²) in [7, 11) is 0. The molecule has 2 rings (SSSR count). The fourth-order valence-electron chi connectivity index (χ4n) is 1.96. The zero-order valence-electron chi connectivity index (χ0n) is 12.6. The molecule has 0 spiro atoms. The van der Waals surface area contributed by atoms with Crippen molar-refractivity contribution in [2.45, 2.75) is 19.5 Å². The third kappa shape index (κ3) is 5.32. The lowest BCUT2D eigenvalue weighted by Gasteiger charge is -2.10. The number of nitrogens with one attached hydrogen (secondary N) is 2. The second-order valence-corrected chi connectivity index (χ2v) is 5.17. The van der Waals surface area contributed by atoms with E-state index in [1.807, 2.05) is 31.2 Å². The van der Waals surface area contributed by atoms with Crippen LogP contribution in [0.1, 0.15) is 17.5 Å². The minimum atomic E-state index is -4.34. The summed E-state index contributed by atoms with van der Waals surface area (Å²) in [5.74, 6) is -0.159. The number of amides is 1. The van der Waals surface area contributed by atoms with Crippen molar-refractivity contribution in [1.82, 2.24) is 0 Å². The van der Waals surface area contributed by atoms with Gasteiger partial charge in [-0.05, 0) is 43.3 Å². The number of anilines is 2. The number of alkyl halides is 3. The SMILES string of the molecule is Cc1ccc(NC(=O)CCNc2ccc(C(F)(F)F)cc2)cc1. The predicted octanol–water partition coefficient (Wildman–Crippen LogP) is 4.45. The molecular formula is C17H17F3N2O. The fraction of sp³-hybridized carbons (Fsp3) is 0.235. The van der Waals surface area contributed by atoms with Gasteiger partial charge in [0.2, 0.25) is 5.91 Å². The van der Waals surface area contributed by atoms with E-state index in [4.69, 9.17) is 0 Å². The summed E-state index contributed by atoms with van der Waals surface area (Å²) >= 11 is 0. The van der Waals surface area contributed by atoms with Crippen molar-refractivity contribution >= 4 is 17.3 Å². The number of benzene rings is 2. The average molecular weight is 322 g/mol. The molecule has 0 aliphatic carbocycles. The first kappa shape index (κ1) is 16.9. The van der Waals surface area contributed by atoms with Gasteiger partial charge in [-0.2, -0.15) is 13.2 Å². The van der Waals surface area contributed by atoms with Crippen molar-refractivity contribution in [3.8, 4) is 0 Å². The summed E-state index contributed by atoms with van der Waals surface area (Å²) < 4.78 is 37.3. The van der Waals surface area contributed by atoms with Crippen molar-refractivity contribution in [3.05, 3.63) is 59.7 Å². The van der Waals surface area contributed by atoms with Crippen LogP contribution in [-0.2, 0) is 11.0 Å². The highest BCUT2D eigenvalue weighted by Gasteiger charge is 2.29. The molecule has 0 atom stereocenters. The maximum Gasteiger partial charge on any atom is 0.416 e. The van der Waals surface area contributed by atoms with Gasteiger partial charge in [0.05, 0.1) is 5.56 Å². The van der Waals surface area contributed by atoms with Crippen molar-refractivity contribution in [2.75, 3.05) is 17.2 Å². The van der Waals surface area contributed by atoms with Crippen LogP contribution in [0.3, 0.4) is 0 Å². The molecule has 2 aromatic carbocycles. The molecule has 0 radical (unpaired) electrons. The summed E-state index contributed by atoms with van der Waals surface area (Å²) in [6.07, 6.45) is -4.12. The van der Waals surface area contributed by atoms with Crippen molar-refractivity contribution in [1.29, 1.82) is 0 Å². The second-order valence-electron chi connectivity index (χ2n) is 5.17. The van der Waals surface area contributed by atoms with Crippen LogP contribution in [0.4, 0.5) is 24.5 Å². The normalized spacial score (nSPS) is 11.1. The number of carbonyl (C=O) groups is 1. The molecule has 0 bridgehead atoms. The molecule has 0 fully saturated rings. The van der Waals surface area contributed by atoms with E-state index < -0.39 is 11.7 Å². The Morgan fingerprint density at radius 3 is 2.09 bits per heavy atom. The third-order valence-electron chi connectivity index (χ3n) is 3.23. The minimum absolute atomic E-state index is 0.159. The molecule has 2 N–H and O–H groups in total. The molecule has 0 saturated heterocycles. The third-order valence-corrected chi connectivity index (χ3v) is 3.23. The predicted molar refractivity (Wildman–Crippen MR) is 84.4 cm³/mol. The quantitative estimate of drug-likeness (QED) is 0.853. The standard InChI is InChI=1S/C17H17F3N2O/c1-12-2-6-15(7-3-12)22-16(23)10-11-21-14-8-4-13(5-9-14)17(18,19)20/h2-9,21H,10-11H2,1H3,(H,22,23). The van der Waals surface area contributed by atoms with E-state index >= 15 is 0 Å². The first-order valence-electron chi connectivity index (χ1n) is 7.12. The first-order valence-corrected chi connectivity index (χ1v) is 7.12. The Hall–Kier alpha value is -2.50. The molecule has 0 aliphatic heterocycles. The van der Waals surface area contributed by atoms with Gasteiger partial charge in [-0.15, -0.1) is 0 Å². The van der Waals surface area contributed by atoms with Crippen molar-refractivity contribution < 1.29 is 18.0 Å². The number of halogens is 3. The largest absolute Gasteiger partial charge is 0.416 e. The molecule has 23 heavy (non-hydrogen) atoms. The van der Waals surface area contributed by atoms with E-state index in [1.54, 1.807) is 0 Å². The molecule has 2 aromatic rings. The summed E-state index contributed by atoms with van der Waals surface area (Å²) in [6, 6.07) is 12.1. The van der Waals surface area contributed by atoms with Crippen LogP contribution in [0.25, 0.3) is 0 Å². The van der Waals surface area contributed by atoms with Crippen LogP contribution < -0.4 is 10.6 Å². The monoisotopic (exact) mass is 322 g/mol. The van der Waals surface area contributed by atoms with Gasteiger partial charge in [0.1, 0.15) is 0 Å². The molecule has 6 heteroatoms. The van der Waals surface area contributed by atoms with Crippen LogP contribution in [-0.4, -0.2) is 12.5 Å². The van der Waals surface area contributed by atoms with Gasteiger partial charge < -0.3 is 10.6 Å². The smallest absolute Gasteiger partial charge is 0.385 e. The lowest BCUT2D eigenvalue weighted by Crippen LogP contribution is -2.16. The summed E-state index contributed by atoms with van der Waals surface area (Å²) in [6.45, 7) is 2.29. The molecule has 1 amide bonds. The molecule has 0 saturated carbocycles. The van der Waals surface area contributed by atoms with Gasteiger partial charge >= 0.3 is 6.18 Å². The summed E-state index contributed by atoms with van der Waals surface area (Å²) in [4.78, 5) is 11.8. The number of carbonyl (C=O) groups excluding carboxylic acids is 1. The molecule has 0 unspecified atom stereocenters. The van der Waals surface area contributed by atoms with Gasteiger partial charge in [-0.1, -0.05) is 17.7 Å². The van der Waals surface area contributed by atoms with Gasteiger partial charge in [0.25, 0.3) is 0 Å². The van der Waals surface area contributed by atoms with E-state index in [2.05, 4.69) is 10.6 Å². The minimum Gasteiger partial charge on any atom is -0.385 e. The highest BCUT2D eigenvalue weighted by atomic mass is 19.4. The number of aryl methyl sites for hydroxylation is 1. The van der Waals surface area contributed by atoms with Crippen LogP contribution in [0, 0.1) is 6.92 Å². The van der Waals surface area contributed by atoms with Crippen molar-refractivity contribution in [2.24, 2.45) is 0 Å². The van der Waals surface area contributed by atoms with Crippen LogP contribution in [0.15, 0.2) is 48.5 Å². The van der Waals surface area contributed by atoms with E-state index in [1.165, 1.54) is 12.1 Å². The van der Waals surface area contributed by atoms with E-state index in [0.717, 1.165) is 23.4 Å². The lowest BCUT2D eigenvalue weighted by molar-refractivity contribution is -0.137. The van der Waals surface area contributed by atoms with Gasteiger partial charge in [0.15, 0.2) is 0 Å². The zero-order valence-corrected chi connectivity index (χ0v) is 12.6. The number of hydrogen-bond donors (Lipinski definition) is 2.